The van der Waals surface area contributed by atoms with Crippen molar-refractivity contribution in [2.75, 3.05) is 6.61 Å². The van der Waals surface area contributed by atoms with Gasteiger partial charge in [0, 0.05) is 12.6 Å². The standard InChI is InChI=1S/C11H22N2O2/c1-3-4-10(12)11(14)13-9-5-6-15-8(2)7-9/h8-10H,3-7,12H2,1-2H3,(H,13,14)/t8?,9?,10-/m1/s1. The van der Waals surface area contributed by atoms with Crippen molar-refractivity contribution >= 4 is 5.91 Å². The molecule has 0 bridgehead atoms. The first kappa shape index (κ1) is 12.5. The molecule has 0 saturated carbocycles. The van der Waals surface area contributed by atoms with E-state index < -0.39 is 0 Å². The molecule has 2 unspecified atom stereocenters. The zero-order chi connectivity index (χ0) is 11.3. The van der Waals surface area contributed by atoms with Gasteiger partial charge in [0.25, 0.3) is 0 Å². The van der Waals surface area contributed by atoms with E-state index in [0.29, 0.717) is 0 Å². The summed E-state index contributed by atoms with van der Waals surface area (Å²) in [7, 11) is 0. The summed E-state index contributed by atoms with van der Waals surface area (Å²) in [6, 6.07) is -0.114. The maximum Gasteiger partial charge on any atom is 0.237 e. The van der Waals surface area contributed by atoms with Gasteiger partial charge in [-0.2, -0.15) is 0 Å². The second kappa shape index (κ2) is 6.08. The minimum atomic E-state index is -0.354. The van der Waals surface area contributed by atoms with Crippen LogP contribution in [0.3, 0.4) is 0 Å². The molecule has 4 nitrogen and oxygen atoms in total. The van der Waals surface area contributed by atoms with E-state index in [0.717, 1.165) is 32.3 Å². The molecular formula is C11H22N2O2. The maximum absolute atomic E-state index is 11.6. The Morgan fingerprint density at radius 1 is 1.67 bits per heavy atom. The predicted octanol–water partition coefficient (Wildman–Crippen LogP) is 0.797. The number of amides is 1. The highest BCUT2D eigenvalue weighted by atomic mass is 16.5. The summed E-state index contributed by atoms with van der Waals surface area (Å²) >= 11 is 0. The van der Waals surface area contributed by atoms with Crippen LogP contribution < -0.4 is 11.1 Å². The molecule has 0 spiro atoms. The summed E-state index contributed by atoms with van der Waals surface area (Å²) in [6.07, 6.45) is 3.73. The third-order valence-electron chi connectivity index (χ3n) is 2.77. The van der Waals surface area contributed by atoms with Crippen molar-refractivity contribution in [3.8, 4) is 0 Å². The van der Waals surface area contributed by atoms with Crippen LogP contribution in [0.5, 0.6) is 0 Å². The quantitative estimate of drug-likeness (QED) is 0.727. The van der Waals surface area contributed by atoms with E-state index in [1.54, 1.807) is 0 Å². The van der Waals surface area contributed by atoms with Crippen molar-refractivity contribution in [2.45, 2.75) is 57.7 Å². The minimum Gasteiger partial charge on any atom is -0.378 e. The Labute approximate surface area is 91.5 Å². The predicted molar refractivity (Wildman–Crippen MR) is 59.5 cm³/mol. The average Bonchev–Trinajstić information content (AvgIpc) is 2.18. The average molecular weight is 214 g/mol. The Morgan fingerprint density at radius 3 is 3.00 bits per heavy atom. The van der Waals surface area contributed by atoms with Crippen LogP contribution in [-0.4, -0.2) is 30.7 Å². The fourth-order valence-electron chi connectivity index (χ4n) is 1.88. The molecular weight excluding hydrogens is 192 g/mol. The first-order valence-electron chi connectivity index (χ1n) is 5.81. The Balaban J connectivity index is 2.30. The second-order valence-corrected chi connectivity index (χ2v) is 4.31. The van der Waals surface area contributed by atoms with Gasteiger partial charge in [-0.1, -0.05) is 13.3 Å². The van der Waals surface area contributed by atoms with Crippen LogP contribution in [0, 0.1) is 0 Å². The van der Waals surface area contributed by atoms with E-state index in [1.165, 1.54) is 0 Å². The van der Waals surface area contributed by atoms with Crippen LogP contribution in [-0.2, 0) is 9.53 Å². The smallest absolute Gasteiger partial charge is 0.237 e. The van der Waals surface area contributed by atoms with Gasteiger partial charge in [0.05, 0.1) is 12.1 Å². The highest BCUT2D eigenvalue weighted by molar-refractivity contribution is 5.81. The van der Waals surface area contributed by atoms with Gasteiger partial charge in [0.15, 0.2) is 0 Å². The lowest BCUT2D eigenvalue weighted by atomic mass is 10.0. The van der Waals surface area contributed by atoms with Crippen molar-refractivity contribution in [3.05, 3.63) is 0 Å². The molecule has 1 fully saturated rings. The van der Waals surface area contributed by atoms with Gasteiger partial charge < -0.3 is 15.8 Å². The Kier molecular flexibility index (Phi) is 5.05. The Hall–Kier alpha value is -0.610. The summed E-state index contributed by atoms with van der Waals surface area (Å²) in [6.45, 7) is 4.79. The molecule has 1 rings (SSSR count). The van der Waals surface area contributed by atoms with Crippen LogP contribution in [0.25, 0.3) is 0 Å². The first-order valence-corrected chi connectivity index (χ1v) is 5.81. The van der Waals surface area contributed by atoms with E-state index >= 15 is 0 Å². The SMILES string of the molecule is CCC[C@@H](N)C(=O)NC1CCOC(C)C1. The highest BCUT2D eigenvalue weighted by Gasteiger charge is 2.22. The van der Waals surface area contributed by atoms with Crippen LogP contribution in [0.4, 0.5) is 0 Å². The summed E-state index contributed by atoms with van der Waals surface area (Å²) in [5, 5.41) is 2.99. The number of ether oxygens (including phenoxy) is 1. The van der Waals surface area contributed by atoms with E-state index in [4.69, 9.17) is 10.5 Å². The van der Waals surface area contributed by atoms with Gasteiger partial charge in [-0.05, 0) is 26.2 Å². The van der Waals surface area contributed by atoms with E-state index in [9.17, 15) is 4.79 Å². The van der Waals surface area contributed by atoms with Gasteiger partial charge in [0.2, 0.25) is 5.91 Å². The maximum atomic E-state index is 11.6. The zero-order valence-corrected chi connectivity index (χ0v) is 9.66. The number of nitrogens with two attached hydrogens (primary N) is 1. The molecule has 15 heavy (non-hydrogen) atoms. The van der Waals surface area contributed by atoms with Gasteiger partial charge >= 0.3 is 0 Å². The molecule has 0 aromatic carbocycles. The number of hydrogen-bond acceptors (Lipinski definition) is 3. The van der Waals surface area contributed by atoms with Crippen LogP contribution in [0.1, 0.15) is 39.5 Å². The lowest BCUT2D eigenvalue weighted by molar-refractivity contribution is -0.124. The van der Waals surface area contributed by atoms with Gasteiger partial charge in [-0.3, -0.25) is 4.79 Å². The molecule has 0 aliphatic carbocycles. The van der Waals surface area contributed by atoms with Gasteiger partial charge in [0.1, 0.15) is 0 Å². The Bertz CT molecular complexity index is 209. The lowest BCUT2D eigenvalue weighted by Crippen LogP contribution is -2.48. The molecule has 1 heterocycles. The summed E-state index contributed by atoms with van der Waals surface area (Å²) in [4.78, 5) is 11.6. The van der Waals surface area contributed by atoms with E-state index in [2.05, 4.69) is 5.32 Å². The first-order chi connectivity index (χ1) is 7.13. The van der Waals surface area contributed by atoms with Crippen molar-refractivity contribution < 1.29 is 9.53 Å². The fourth-order valence-corrected chi connectivity index (χ4v) is 1.88. The molecule has 0 aromatic heterocycles. The van der Waals surface area contributed by atoms with Crippen molar-refractivity contribution in [1.82, 2.24) is 5.32 Å². The zero-order valence-electron chi connectivity index (χ0n) is 9.66. The van der Waals surface area contributed by atoms with Crippen LogP contribution in [0.15, 0.2) is 0 Å². The number of carbonyl (C=O) groups excluding carboxylic acids is 1. The number of rotatable bonds is 4. The summed E-state index contributed by atoms with van der Waals surface area (Å²) in [5.74, 6) is -0.0176. The fraction of sp³-hybridized carbons (Fsp3) is 0.909. The Morgan fingerprint density at radius 2 is 2.40 bits per heavy atom. The van der Waals surface area contributed by atoms with Gasteiger partial charge in [-0.25, -0.2) is 0 Å². The molecule has 0 radical (unpaired) electrons. The molecule has 1 amide bonds. The summed E-state index contributed by atoms with van der Waals surface area (Å²) < 4.78 is 5.42. The van der Waals surface area contributed by atoms with E-state index in [1.807, 2.05) is 13.8 Å². The molecule has 1 saturated heterocycles. The molecule has 4 heteroatoms. The molecule has 0 aromatic rings. The molecule has 1 aliphatic heterocycles. The van der Waals surface area contributed by atoms with Crippen molar-refractivity contribution in [1.29, 1.82) is 0 Å². The number of hydrogen-bond donors (Lipinski definition) is 2. The molecule has 3 atom stereocenters. The monoisotopic (exact) mass is 214 g/mol. The molecule has 1 aliphatic rings. The normalized spacial score (nSPS) is 28.5. The number of carbonyl (C=O) groups is 1. The largest absolute Gasteiger partial charge is 0.378 e. The summed E-state index contributed by atoms with van der Waals surface area (Å²) in [5.41, 5.74) is 5.74. The second-order valence-electron chi connectivity index (χ2n) is 4.31. The third kappa shape index (κ3) is 4.18. The van der Waals surface area contributed by atoms with Crippen molar-refractivity contribution in [2.24, 2.45) is 5.73 Å². The minimum absolute atomic E-state index is 0.0176. The molecule has 88 valence electrons. The van der Waals surface area contributed by atoms with Gasteiger partial charge in [-0.15, -0.1) is 0 Å². The lowest BCUT2D eigenvalue weighted by Gasteiger charge is -2.28. The third-order valence-corrected chi connectivity index (χ3v) is 2.77. The van der Waals surface area contributed by atoms with Crippen LogP contribution in [0.2, 0.25) is 0 Å². The highest BCUT2D eigenvalue weighted by Crippen LogP contribution is 2.13. The van der Waals surface area contributed by atoms with E-state index in [-0.39, 0.29) is 24.1 Å². The van der Waals surface area contributed by atoms with Crippen LogP contribution >= 0.6 is 0 Å². The number of nitrogens with one attached hydrogen (secondary N) is 1. The van der Waals surface area contributed by atoms with Crippen molar-refractivity contribution in [3.63, 3.8) is 0 Å². The topological polar surface area (TPSA) is 64.4 Å². The molecule has 3 N–H and O–H groups in total.